The average molecular weight is 397 g/mol. The summed E-state index contributed by atoms with van der Waals surface area (Å²) in [7, 11) is 0. The van der Waals surface area contributed by atoms with E-state index in [0.717, 1.165) is 43.0 Å². The second kappa shape index (κ2) is 8.13. The van der Waals surface area contributed by atoms with E-state index < -0.39 is 0 Å². The summed E-state index contributed by atoms with van der Waals surface area (Å²) in [4.78, 5) is 13.2. The molecule has 1 aliphatic rings. The van der Waals surface area contributed by atoms with Crippen molar-refractivity contribution < 1.29 is 4.90 Å². The highest BCUT2D eigenvalue weighted by Crippen LogP contribution is 2.23. The van der Waals surface area contributed by atoms with Gasteiger partial charge in [0.25, 0.3) is 0 Å². The Morgan fingerprint density at radius 1 is 0.700 bits per heavy atom. The van der Waals surface area contributed by atoms with Crippen LogP contribution in [0.15, 0.2) is 84.9 Å². The van der Waals surface area contributed by atoms with Crippen molar-refractivity contribution in [2.75, 3.05) is 36.8 Å². The maximum atomic E-state index is 6.27. The van der Waals surface area contributed by atoms with Crippen molar-refractivity contribution in [2.45, 2.75) is 6.04 Å². The van der Waals surface area contributed by atoms with E-state index in [4.69, 9.17) is 10.7 Å². The Kier molecular flexibility index (Phi) is 5.03. The molecule has 0 amide bonds. The molecule has 5 nitrogen and oxygen atoms in total. The molecule has 0 saturated carbocycles. The number of anilines is 2. The first kappa shape index (κ1) is 18.6. The number of aromatic nitrogens is 2. The Hall–Kier alpha value is -3.44. The number of piperazine rings is 1. The largest absolute Gasteiger partial charge is 0.381 e. The monoisotopic (exact) mass is 396 g/mol. The topological polar surface area (TPSA) is 59.5 Å². The quantitative estimate of drug-likeness (QED) is 0.557. The number of nitrogens with zero attached hydrogens (tertiary/aromatic N) is 3. The van der Waals surface area contributed by atoms with Gasteiger partial charge < -0.3 is 15.5 Å². The third-order valence-electron chi connectivity index (χ3n) is 5.96. The normalized spacial score (nSPS) is 15.0. The van der Waals surface area contributed by atoms with Crippen molar-refractivity contribution in [3.05, 3.63) is 96.1 Å². The van der Waals surface area contributed by atoms with E-state index in [1.807, 2.05) is 24.3 Å². The molecule has 0 bridgehead atoms. The lowest BCUT2D eigenvalue weighted by Crippen LogP contribution is -3.15. The summed E-state index contributed by atoms with van der Waals surface area (Å²) >= 11 is 0. The Morgan fingerprint density at radius 2 is 1.20 bits per heavy atom. The molecule has 0 atom stereocenters. The second-order valence-corrected chi connectivity index (χ2v) is 7.82. The van der Waals surface area contributed by atoms with Crippen LogP contribution in [0.4, 0.5) is 11.6 Å². The number of nitrogens with two attached hydrogens (primary N) is 1. The van der Waals surface area contributed by atoms with Crippen molar-refractivity contribution in [2.24, 2.45) is 0 Å². The van der Waals surface area contributed by atoms with E-state index >= 15 is 0 Å². The number of fused-ring (bicyclic) bond motifs is 1. The van der Waals surface area contributed by atoms with Gasteiger partial charge in [0.2, 0.25) is 0 Å². The Balaban J connectivity index is 1.40. The summed E-state index contributed by atoms with van der Waals surface area (Å²) in [6, 6.07) is 29.9. The molecule has 0 radical (unpaired) electrons. The minimum absolute atomic E-state index is 0.328. The maximum Gasteiger partial charge on any atom is 0.172 e. The van der Waals surface area contributed by atoms with Crippen LogP contribution >= 0.6 is 0 Å². The van der Waals surface area contributed by atoms with Gasteiger partial charge in [-0.3, -0.25) is 0 Å². The minimum atomic E-state index is 0.328. The molecule has 3 N–H and O–H groups in total. The molecule has 30 heavy (non-hydrogen) atoms. The van der Waals surface area contributed by atoms with Gasteiger partial charge in [-0.15, -0.1) is 0 Å². The molecule has 0 aliphatic carbocycles. The average Bonchev–Trinajstić information content (AvgIpc) is 2.81. The van der Waals surface area contributed by atoms with Crippen LogP contribution in [-0.2, 0) is 0 Å². The molecule has 1 aromatic heterocycles. The number of nitrogens with one attached hydrogen (secondary N) is 1. The van der Waals surface area contributed by atoms with Gasteiger partial charge in [0.05, 0.1) is 37.2 Å². The maximum absolute atomic E-state index is 6.27. The predicted octanol–water partition coefficient (Wildman–Crippen LogP) is 2.71. The molecular formula is C25H26N5+. The van der Waals surface area contributed by atoms with Crippen LogP contribution in [0.3, 0.4) is 0 Å². The lowest BCUT2D eigenvalue weighted by Gasteiger charge is -2.37. The summed E-state index contributed by atoms with van der Waals surface area (Å²) in [6.45, 7) is 3.84. The van der Waals surface area contributed by atoms with Crippen LogP contribution in [0.25, 0.3) is 11.0 Å². The molecule has 4 aromatic rings. The van der Waals surface area contributed by atoms with Gasteiger partial charge in [0.1, 0.15) is 6.04 Å². The van der Waals surface area contributed by atoms with Crippen molar-refractivity contribution >= 4 is 22.7 Å². The SMILES string of the molecule is Nc1nc2ccccc2nc1N1CC[NH+](C(c2ccccc2)c2ccccc2)CC1. The molecule has 2 heterocycles. The zero-order chi connectivity index (χ0) is 20.3. The molecule has 3 aromatic carbocycles. The van der Waals surface area contributed by atoms with E-state index in [0.29, 0.717) is 11.9 Å². The highest BCUT2D eigenvalue weighted by molar-refractivity contribution is 5.79. The molecule has 5 heteroatoms. The van der Waals surface area contributed by atoms with Gasteiger partial charge in [-0.05, 0) is 12.1 Å². The number of quaternary nitrogens is 1. The zero-order valence-electron chi connectivity index (χ0n) is 16.9. The molecule has 1 aliphatic heterocycles. The fraction of sp³-hybridized carbons (Fsp3) is 0.200. The van der Waals surface area contributed by atoms with Gasteiger partial charge in [-0.25, -0.2) is 9.97 Å². The zero-order valence-corrected chi connectivity index (χ0v) is 16.9. The third-order valence-corrected chi connectivity index (χ3v) is 5.96. The molecule has 1 saturated heterocycles. The fourth-order valence-electron chi connectivity index (χ4n) is 4.49. The molecule has 150 valence electrons. The van der Waals surface area contributed by atoms with E-state index in [-0.39, 0.29) is 0 Å². The van der Waals surface area contributed by atoms with E-state index in [2.05, 4.69) is 70.5 Å². The molecular weight excluding hydrogens is 370 g/mol. The fourth-order valence-corrected chi connectivity index (χ4v) is 4.49. The van der Waals surface area contributed by atoms with E-state index in [1.165, 1.54) is 11.1 Å². The van der Waals surface area contributed by atoms with Crippen LogP contribution in [0.5, 0.6) is 0 Å². The van der Waals surface area contributed by atoms with Gasteiger partial charge in [0.15, 0.2) is 11.6 Å². The Labute approximate surface area is 176 Å². The third kappa shape index (κ3) is 3.60. The number of nitrogen functional groups attached to an aromatic ring is 1. The van der Waals surface area contributed by atoms with Crippen LogP contribution < -0.4 is 15.5 Å². The lowest BCUT2D eigenvalue weighted by atomic mass is 9.96. The summed E-state index contributed by atoms with van der Waals surface area (Å²) in [5.41, 5.74) is 10.7. The lowest BCUT2D eigenvalue weighted by molar-refractivity contribution is -0.926. The Morgan fingerprint density at radius 3 is 1.77 bits per heavy atom. The summed E-state index contributed by atoms with van der Waals surface area (Å²) < 4.78 is 0. The number of benzene rings is 3. The standard InChI is InChI=1S/C25H25N5/c26-24-25(28-22-14-8-7-13-21(22)27-24)30-17-15-29(16-18-30)23(19-9-3-1-4-10-19)20-11-5-2-6-12-20/h1-14,23H,15-18H2,(H2,26,27)/p+1. The van der Waals surface area contributed by atoms with Crippen molar-refractivity contribution in [3.63, 3.8) is 0 Å². The van der Waals surface area contributed by atoms with Crippen molar-refractivity contribution in [3.8, 4) is 0 Å². The van der Waals surface area contributed by atoms with Crippen molar-refractivity contribution in [1.29, 1.82) is 0 Å². The summed E-state index contributed by atoms with van der Waals surface area (Å²) in [6.07, 6.45) is 0. The number of rotatable bonds is 4. The minimum Gasteiger partial charge on any atom is -0.381 e. The second-order valence-electron chi connectivity index (χ2n) is 7.82. The van der Waals surface area contributed by atoms with Crippen LogP contribution in [0.1, 0.15) is 17.2 Å². The molecule has 1 fully saturated rings. The van der Waals surface area contributed by atoms with Crippen molar-refractivity contribution in [1.82, 2.24) is 9.97 Å². The van der Waals surface area contributed by atoms with Crippen LogP contribution in [0, 0.1) is 0 Å². The van der Waals surface area contributed by atoms with Crippen LogP contribution in [0.2, 0.25) is 0 Å². The molecule has 5 rings (SSSR count). The van der Waals surface area contributed by atoms with E-state index in [1.54, 1.807) is 4.90 Å². The number of para-hydroxylation sites is 2. The first-order chi connectivity index (χ1) is 14.8. The highest BCUT2D eigenvalue weighted by atomic mass is 15.3. The molecule has 0 spiro atoms. The summed E-state index contributed by atoms with van der Waals surface area (Å²) in [5.74, 6) is 1.32. The first-order valence-corrected chi connectivity index (χ1v) is 10.5. The number of hydrogen-bond acceptors (Lipinski definition) is 4. The first-order valence-electron chi connectivity index (χ1n) is 10.5. The molecule has 0 unspecified atom stereocenters. The van der Waals surface area contributed by atoms with Gasteiger partial charge in [0, 0.05) is 11.1 Å². The van der Waals surface area contributed by atoms with Gasteiger partial charge in [-0.1, -0.05) is 72.8 Å². The number of hydrogen-bond donors (Lipinski definition) is 2. The van der Waals surface area contributed by atoms with Crippen LogP contribution in [-0.4, -0.2) is 36.1 Å². The highest BCUT2D eigenvalue weighted by Gasteiger charge is 2.31. The Bertz CT molecular complexity index is 1080. The predicted molar refractivity (Wildman–Crippen MR) is 122 cm³/mol. The summed E-state index contributed by atoms with van der Waals surface area (Å²) in [5, 5.41) is 0. The smallest absolute Gasteiger partial charge is 0.172 e. The van der Waals surface area contributed by atoms with Gasteiger partial charge in [-0.2, -0.15) is 0 Å². The van der Waals surface area contributed by atoms with E-state index in [9.17, 15) is 0 Å². The van der Waals surface area contributed by atoms with Gasteiger partial charge >= 0.3 is 0 Å².